The summed E-state index contributed by atoms with van der Waals surface area (Å²) in [6.45, 7) is 1.01. The van der Waals surface area contributed by atoms with E-state index in [0.717, 1.165) is 12.3 Å². The van der Waals surface area contributed by atoms with E-state index < -0.39 is 6.10 Å². The highest BCUT2D eigenvalue weighted by molar-refractivity contribution is 7.99. The van der Waals surface area contributed by atoms with Gasteiger partial charge in [0.05, 0.1) is 12.7 Å². The van der Waals surface area contributed by atoms with Gasteiger partial charge in [0.25, 0.3) is 0 Å². The van der Waals surface area contributed by atoms with E-state index in [1.165, 1.54) is 19.3 Å². The van der Waals surface area contributed by atoms with Gasteiger partial charge in [-0.2, -0.15) is 11.8 Å². The second kappa shape index (κ2) is 6.65. The summed E-state index contributed by atoms with van der Waals surface area (Å²) in [5, 5.41) is 21.1. The van der Waals surface area contributed by atoms with Crippen LogP contribution >= 0.6 is 11.8 Å². The molecule has 1 fully saturated rings. The Hall–Kier alpha value is 0.230. The van der Waals surface area contributed by atoms with E-state index in [2.05, 4.69) is 5.32 Å². The van der Waals surface area contributed by atoms with Gasteiger partial charge in [-0.15, -0.1) is 0 Å². The first-order valence-electron chi connectivity index (χ1n) is 4.93. The molecular formula is C9H19NO2S. The molecule has 0 spiro atoms. The lowest BCUT2D eigenvalue weighted by Crippen LogP contribution is -2.36. The third-order valence-corrected chi connectivity index (χ3v) is 3.51. The molecule has 0 bridgehead atoms. The van der Waals surface area contributed by atoms with E-state index in [9.17, 15) is 0 Å². The second-order valence-electron chi connectivity index (χ2n) is 3.52. The average molecular weight is 205 g/mol. The molecule has 0 aromatic carbocycles. The highest BCUT2D eigenvalue weighted by Gasteiger charge is 2.12. The van der Waals surface area contributed by atoms with Gasteiger partial charge in [0, 0.05) is 17.5 Å². The van der Waals surface area contributed by atoms with Crippen LogP contribution in [-0.4, -0.2) is 47.0 Å². The molecule has 13 heavy (non-hydrogen) atoms. The Morgan fingerprint density at radius 3 is 2.92 bits per heavy atom. The summed E-state index contributed by atoms with van der Waals surface area (Å²) in [7, 11) is 0. The van der Waals surface area contributed by atoms with Crippen molar-refractivity contribution in [1.29, 1.82) is 0 Å². The van der Waals surface area contributed by atoms with Crippen molar-refractivity contribution in [1.82, 2.24) is 5.32 Å². The van der Waals surface area contributed by atoms with Gasteiger partial charge in [-0.25, -0.2) is 0 Å². The van der Waals surface area contributed by atoms with Crippen LogP contribution in [0, 0.1) is 0 Å². The number of hydrogen-bond acceptors (Lipinski definition) is 4. The predicted molar refractivity (Wildman–Crippen MR) is 56.1 cm³/mol. The molecule has 2 unspecified atom stereocenters. The molecule has 0 aliphatic carbocycles. The first-order chi connectivity index (χ1) is 6.33. The van der Waals surface area contributed by atoms with Crippen LogP contribution in [0.5, 0.6) is 0 Å². The fraction of sp³-hybridized carbons (Fsp3) is 1.00. The van der Waals surface area contributed by atoms with E-state index in [1.54, 1.807) is 11.8 Å². The van der Waals surface area contributed by atoms with Crippen molar-refractivity contribution in [2.45, 2.75) is 31.4 Å². The standard InChI is InChI=1S/C9H19NO2S/c11-5-9(12)7-13-6-8-3-1-2-4-10-8/h8-12H,1-7H2. The fourth-order valence-corrected chi connectivity index (χ4v) is 2.55. The van der Waals surface area contributed by atoms with Crippen molar-refractivity contribution in [3.63, 3.8) is 0 Å². The van der Waals surface area contributed by atoms with Crippen molar-refractivity contribution in [3.8, 4) is 0 Å². The van der Waals surface area contributed by atoms with Crippen molar-refractivity contribution in [2.24, 2.45) is 0 Å². The summed E-state index contributed by atoms with van der Waals surface area (Å²) < 4.78 is 0. The molecule has 0 aromatic rings. The van der Waals surface area contributed by atoms with Gasteiger partial charge in [-0.1, -0.05) is 6.42 Å². The molecule has 3 nitrogen and oxygen atoms in total. The molecule has 1 heterocycles. The Kier molecular flexibility index (Phi) is 5.78. The van der Waals surface area contributed by atoms with Gasteiger partial charge in [0.1, 0.15) is 0 Å². The molecule has 0 amide bonds. The van der Waals surface area contributed by atoms with Crippen LogP contribution in [0.2, 0.25) is 0 Å². The summed E-state index contributed by atoms with van der Waals surface area (Å²) in [6, 6.07) is 0.615. The zero-order valence-electron chi connectivity index (χ0n) is 7.91. The van der Waals surface area contributed by atoms with E-state index >= 15 is 0 Å². The lowest BCUT2D eigenvalue weighted by atomic mass is 10.1. The van der Waals surface area contributed by atoms with Crippen molar-refractivity contribution in [2.75, 3.05) is 24.7 Å². The fourth-order valence-electron chi connectivity index (χ4n) is 1.47. The van der Waals surface area contributed by atoms with Gasteiger partial charge in [0.2, 0.25) is 0 Å². The molecule has 1 aliphatic heterocycles. The number of aliphatic hydroxyl groups is 2. The van der Waals surface area contributed by atoms with Crippen LogP contribution in [0.25, 0.3) is 0 Å². The SMILES string of the molecule is OCC(O)CSCC1CCCCN1. The average Bonchev–Trinajstić information content (AvgIpc) is 2.19. The number of hydrogen-bond donors (Lipinski definition) is 3. The highest BCUT2D eigenvalue weighted by Crippen LogP contribution is 2.13. The number of aliphatic hydroxyl groups excluding tert-OH is 2. The van der Waals surface area contributed by atoms with Crippen LogP contribution < -0.4 is 5.32 Å². The Labute approximate surface area is 83.9 Å². The summed E-state index contributed by atoms with van der Waals surface area (Å²) in [5.41, 5.74) is 0. The normalized spacial score (nSPS) is 25.8. The van der Waals surface area contributed by atoms with E-state index in [1.807, 2.05) is 0 Å². The summed E-state index contributed by atoms with van der Waals surface area (Å²) >= 11 is 1.72. The van der Waals surface area contributed by atoms with Crippen LogP contribution in [0.3, 0.4) is 0 Å². The highest BCUT2D eigenvalue weighted by atomic mass is 32.2. The monoisotopic (exact) mass is 205 g/mol. The zero-order chi connectivity index (χ0) is 9.52. The third-order valence-electron chi connectivity index (χ3n) is 2.25. The van der Waals surface area contributed by atoms with E-state index in [-0.39, 0.29) is 6.61 Å². The minimum atomic E-state index is -0.548. The van der Waals surface area contributed by atoms with Crippen LogP contribution in [0.1, 0.15) is 19.3 Å². The van der Waals surface area contributed by atoms with Gasteiger partial charge < -0.3 is 15.5 Å². The Morgan fingerprint density at radius 1 is 1.46 bits per heavy atom. The maximum atomic E-state index is 9.10. The summed E-state index contributed by atoms with van der Waals surface area (Å²) in [4.78, 5) is 0. The summed E-state index contributed by atoms with van der Waals surface area (Å²) in [5.74, 6) is 1.70. The molecule has 4 heteroatoms. The quantitative estimate of drug-likeness (QED) is 0.601. The molecule has 0 radical (unpaired) electrons. The summed E-state index contributed by atoms with van der Waals surface area (Å²) in [6.07, 6.45) is 3.32. The molecule has 78 valence electrons. The van der Waals surface area contributed by atoms with Crippen LogP contribution in [0.15, 0.2) is 0 Å². The number of rotatable bonds is 5. The Balaban J connectivity index is 1.98. The number of thioether (sulfide) groups is 1. The maximum Gasteiger partial charge on any atom is 0.0861 e. The number of piperidine rings is 1. The van der Waals surface area contributed by atoms with Crippen molar-refractivity contribution >= 4 is 11.8 Å². The van der Waals surface area contributed by atoms with Crippen molar-refractivity contribution < 1.29 is 10.2 Å². The molecule has 1 rings (SSSR count). The molecule has 1 saturated heterocycles. The van der Waals surface area contributed by atoms with E-state index in [0.29, 0.717) is 11.8 Å². The van der Waals surface area contributed by atoms with Gasteiger partial charge >= 0.3 is 0 Å². The first kappa shape index (κ1) is 11.3. The zero-order valence-corrected chi connectivity index (χ0v) is 8.72. The lowest BCUT2D eigenvalue weighted by molar-refractivity contribution is 0.113. The topological polar surface area (TPSA) is 52.5 Å². The van der Waals surface area contributed by atoms with Gasteiger partial charge in [-0.3, -0.25) is 0 Å². The molecular weight excluding hydrogens is 186 g/mol. The second-order valence-corrected chi connectivity index (χ2v) is 4.60. The minimum absolute atomic E-state index is 0.120. The molecule has 2 atom stereocenters. The first-order valence-corrected chi connectivity index (χ1v) is 6.08. The molecule has 3 N–H and O–H groups in total. The smallest absolute Gasteiger partial charge is 0.0861 e. The Morgan fingerprint density at radius 2 is 2.31 bits per heavy atom. The predicted octanol–water partition coefficient (Wildman–Crippen LogP) is 0.215. The Bertz CT molecular complexity index is 129. The van der Waals surface area contributed by atoms with Gasteiger partial charge in [-0.05, 0) is 19.4 Å². The van der Waals surface area contributed by atoms with E-state index in [4.69, 9.17) is 10.2 Å². The lowest BCUT2D eigenvalue weighted by Gasteiger charge is -2.23. The molecule has 0 saturated carbocycles. The largest absolute Gasteiger partial charge is 0.394 e. The molecule has 1 aliphatic rings. The minimum Gasteiger partial charge on any atom is -0.394 e. The number of nitrogens with one attached hydrogen (secondary N) is 1. The molecule has 0 aromatic heterocycles. The third kappa shape index (κ3) is 4.86. The maximum absolute atomic E-state index is 9.10. The van der Waals surface area contributed by atoms with Crippen LogP contribution in [0.4, 0.5) is 0 Å². The van der Waals surface area contributed by atoms with Gasteiger partial charge in [0.15, 0.2) is 0 Å². The van der Waals surface area contributed by atoms with Crippen LogP contribution in [-0.2, 0) is 0 Å². The van der Waals surface area contributed by atoms with Crippen molar-refractivity contribution in [3.05, 3.63) is 0 Å².